The van der Waals surface area contributed by atoms with Crippen molar-refractivity contribution in [1.82, 2.24) is 25.6 Å². The summed E-state index contributed by atoms with van der Waals surface area (Å²) in [6.07, 6.45) is 7.14. The van der Waals surface area contributed by atoms with Crippen molar-refractivity contribution in [2.24, 2.45) is 11.3 Å². The highest BCUT2D eigenvalue weighted by atomic mass is 16.5. The number of nitrogens with one attached hydrogen (secondary N) is 4. The fourth-order valence-electron chi connectivity index (χ4n) is 7.30. The molecule has 1 spiro atoms. The molecule has 1 aliphatic heterocycles. The van der Waals surface area contributed by atoms with Crippen molar-refractivity contribution in [3.8, 4) is 5.75 Å². The third-order valence-corrected chi connectivity index (χ3v) is 8.73. The van der Waals surface area contributed by atoms with Crippen LogP contribution in [0.5, 0.6) is 5.75 Å². The molecule has 38 heavy (non-hydrogen) atoms. The fourth-order valence-corrected chi connectivity index (χ4v) is 7.30. The first-order valence-corrected chi connectivity index (χ1v) is 12.9. The standard InChI is InChI=1S/C27H28N6O5/c1-25(5-15-6-26(11-25)12-27(26,37)7-15)33-23(35)16-9-28-21-20(16)30-13-31-22(21)24(36)29-8-14-2-3-18-17(4-14)32-19(34)10-38-18/h2-4,9,13,15,28,37H,5-8,10-12H2,1H3,(H,29,36)(H,32,34)(H,33,35). The third kappa shape index (κ3) is 3.56. The third-order valence-electron chi connectivity index (χ3n) is 8.73. The fraction of sp³-hybridized carbons (Fsp3) is 0.444. The number of aromatic amines is 1. The van der Waals surface area contributed by atoms with Crippen molar-refractivity contribution in [3.05, 3.63) is 47.5 Å². The van der Waals surface area contributed by atoms with Gasteiger partial charge in [-0.05, 0) is 62.6 Å². The summed E-state index contributed by atoms with van der Waals surface area (Å²) in [5.74, 6) is 0.0901. The highest BCUT2D eigenvalue weighted by molar-refractivity contribution is 6.10. The van der Waals surface area contributed by atoms with Gasteiger partial charge in [-0.1, -0.05) is 6.07 Å². The van der Waals surface area contributed by atoms with Gasteiger partial charge in [0.2, 0.25) is 0 Å². The second kappa shape index (κ2) is 7.76. The van der Waals surface area contributed by atoms with Crippen molar-refractivity contribution in [2.45, 2.75) is 56.7 Å². The number of aliphatic hydroxyl groups is 1. The zero-order valence-corrected chi connectivity index (χ0v) is 20.9. The molecule has 11 heteroatoms. The Morgan fingerprint density at radius 2 is 2.05 bits per heavy atom. The van der Waals surface area contributed by atoms with Gasteiger partial charge in [-0.25, -0.2) is 9.97 Å². The molecule has 2 bridgehead atoms. The van der Waals surface area contributed by atoms with Gasteiger partial charge in [0.1, 0.15) is 17.6 Å². The molecule has 5 N–H and O–H groups in total. The molecule has 0 radical (unpaired) electrons. The number of amides is 3. The minimum atomic E-state index is -0.544. The molecule has 3 fully saturated rings. The summed E-state index contributed by atoms with van der Waals surface area (Å²) in [5, 5.41) is 19.6. The van der Waals surface area contributed by atoms with E-state index in [1.807, 2.05) is 6.07 Å². The van der Waals surface area contributed by atoms with Crippen LogP contribution in [0.1, 0.15) is 65.4 Å². The number of H-pyrrole nitrogens is 1. The summed E-state index contributed by atoms with van der Waals surface area (Å²) in [5.41, 5.74) is 1.57. The second-order valence-electron chi connectivity index (χ2n) is 11.7. The molecule has 4 aliphatic rings. The SMILES string of the molecule is CC1(NC(=O)c2c[nH]c3c(C(=O)NCc4ccc5c(c4)NC(=O)CO5)ncnc23)CC2CC3(O)CC3(C2)C1. The van der Waals surface area contributed by atoms with Crippen LogP contribution < -0.4 is 20.7 Å². The summed E-state index contributed by atoms with van der Waals surface area (Å²) in [4.78, 5) is 49.4. The molecule has 3 aromatic rings. The monoisotopic (exact) mass is 516 g/mol. The Balaban J connectivity index is 1.07. The van der Waals surface area contributed by atoms with Gasteiger partial charge in [-0.15, -0.1) is 0 Å². The number of hydrogen-bond acceptors (Lipinski definition) is 7. The summed E-state index contributed by atoms with van der Waals surface area (Å²) in [6, 6.07) is 5.30. The Bertz CT molecular complexity index is 1530. The smallest absolute Gasteiger partial charge is 0.272 e. The van der Waals surface area contributed by atoms with E-state index in [1.165, 1.54) is 6.33 Å². The van der Waals surface area contributed by atoms with Crippen molar-refractivity contribution in [2.75, 3.05) is 11.9 Å². The first-order chi connectivity index (χ1) is 18.2. The van der Waals surface area contributed by atoms with Crippen LogP contribution in [0.3, 0.4) is 0 Å². The van der Waals surface area contributed by atoms with Gasteiger partial charge in [0.05, 0.1) is 22.4 Å². The van der Waals surface area contributed by atoms with Crippen LogP contribution in [0.25, 0.3) is 11.0 Å². The predicted molar refractivity (Wildman–Crippen MR) is 135 cm³/mol. The molecule has 11 nitrogen and oxygen atoms in total. The number of benzene rings is 1. The highest BCUT2D eigenvalue weighted by Gasteiger charge is 2.75. The molecule has 0 saturated heterocycles. The topological polar surface area (TPSA) is 158 Å². The number of fused-ring (bicyclic) bond motifs is 3. The summed E-state index contributed by atoms with van der Waals surface area (Å²) in [6.45, 7) is 2.24. The summed E-state index contributed by atoms with van der Waals surface area (Å²) >= 11 is 0. The van der Waals surface area contributed by atoms with Gasteiger partial charge in [-0.2, -0.15) is 0 Å². The van der Waals surface area contributed by atoms with E-state index in [0.717, 1.165) is 37.7 Å². The second-order valence-corrected chi connectivity index (χ2v) is 11.7. The molecule has 4 unspecified atom stereocenters. The van der Waals surface area contributed by atoms with Gasteiger partial charge >= 0.3 is 0 Å². The van der Waals surface area contributed by atoms with E-state index in [-0.39, 0.29) is 36.1 Å². The van der Waals surface area contributed by atoms with Crippen molar-refractivity contribution in [3.63, 3.8) is 0 Å². The van der Waals surface area contributed by atoms with E-state index >= 15 is 0 Å². The van der Waals surface area contributed by atoms with Crippen LogP contribution in [-0.2, 0) is 11.3 Å². The normalized spacial score (nSPS) is 30.6. The number of ether oxygens (including phenoxy) is 1. The van der Waals surface area contributed by atoms with Crippen LogP contribution in [0.15, 0.2) is 30.7 Å². The molecular weight excluding hydrogens is 488 g/mol. The van der Waals surface area contributed by atoms with E-state index < -0.39 is 17.0 Å². The lowest BCUT2D eigenvalue weighted by Gasteiger charge is -2.40. The van der Waals surface area contributed by atoms with Crippen LogP contribution in [0.4, 0.5) is 5.69 Å². The maximum Gasteiger partial charge on any atom is 0.272 e. The Morgan fingerprint density at radius 1 is 1.18 bits per heavy atom. The van der Waals surface area contributed by atoms with Crippen molar-refractivity contribution >= 4 is 34.4 Å². The van der Waals surface area contributed by atoms with Crippen LogP contribution in [0.2, 0.25) is 0 Å². The molecule has 3 heterocycles. The van der Waals surface area contributed by atoms with E-state index in [4.69, 9.17) is 4.74 Å². The van der Waals surface area contributed by atoms with Gasteiger partial charge in [0, 0.05) is 23.7 Å². The Kier molecular flexibility index (Phi) is 4.73. The minimum absolute atomic E-state index is 0.0210. The van der Waals surface area contributed by atoms with Crippen LogP contribution in [0, 0.1) is 11.3 Å². The van der Waals surface area contributed by atoms with E-state index in [2.05, 4.69) is 37.8 Å². The molecular formula is C27H28N6O5. The molecule has 196 valence electrons. The van der Waals surface area contributed by atoms with Gasteiger partial charge in [-0.3, -0.25) is 14.4 Å². The van der Waals surface area contributed by atoms with Gasteiger partial charge in [0.25, 0.3) is 17.7 Å². The Hall–Kier alpha value is -3.99. The van der Waals surface area contributed by atoms with Crippen LogP contribution >= 0.6 is 0 Å². The average Bonchev–Trinajstić information content (AvgIpc) is 3.15. The molecule has 2 aromatic heterocycles. The number of rotatable bonds is 5. The zero-order chi connectivity index (χ0) is 26.3. The minimum Gasteiger partial charge on any atom is -0.482 e. The molecule has 3 aliphatic carbocycles. The summed E-state index contributed by atoms with van der Waals surface area (Å²) < 4.78 is 5.37. The quantitative estimate of drug-likeness (QED) is 0.347. The molecule has 3 amide bonds. The summed E-state index contributed by atoms with van der Waals surface area (Å²) in [7, 11) is 0. The number of anilines is 1. The largest absolute Gasteiger partial charge is 0.482 e. The molecule has 7 rings (SSSR count). The number of nitrogens with zero attached hydrogens (tertiary/aromatic N) is 2. The van der Waals surface area contributed by atoms with Gasteiger partial charge in [0.15, 0.2) is 12.3 Å². The number of hydrogen-bond donors (Lipinski definition) is 5. The lowest BCUT2D eigenvalue weighted by atomic mass is 9.72. The van der Waals surface area contributed by atoms with E-state index in [0.29, 0.717) is 34.0 Å². The van der Waals surface area contributed by atoms with Crippen molar-refractivity contribution < 1.29 is 24.2 Å². The number of carbonyl (C=O) groups excluding carboxylic acids is 3. The van der Waals surface area contributed by atoms with Gasteiger partial charge < -0.3 is 30.8 Å². The predicted octanol–water partition coefficient (Wildman–Crippen LogP) is 2.03. The molecule has 3 saturated carbocycles. The maximum atomic E-state index is 13.4. The van der Waals surface area contributed by atoms with Crippen molar-refractivity contribution in [1.29, 1.82) is 0 Å². The van der Waals surface area contributed by atoms with E-state index in [9.17, 15) is 19.5 Å². The average molecular weight is 517 g/mol. The first kappa shape index (κ1) is 23.2. The van der Waals surface area contributed by atoms with E-state index in [1.54, 1.807) is 18.3 Å². The molecule has 4 atom stereocenters. The first-order valence-electron chi connectivity index (χ1n) is 12.9. The number of aromatic nitrogens is 3. The highest BCUT2D eigenvalue weighted by Crippen LogP contribution is 2.74. The maximum absolute atomic E-state index is 13.4. The Labute approximate surface area is 217 Å². The van der Waals surface area contributed by atoms with Crippen LogP contribution in [-0.4, -0.2) is 55.5 Å². The molecule has 1 aromatic carbocycles. The Morgan fingerprint density at radius 3 is 2.89 bits per heavy atom. The lowest BCUT2D eigenvalue weighted by Crippen LogP contribution is -2.50. The zero-order valence-electron chi connectivity index (χ0n) is 20.9. The lowest BCUT2D eigenvalue weighted by molar-refractivity contribution is -0.118. The number of carbonyl (C=O) groups is 3.